The SMILES string of the molecule is Cc1ccccc1CCOc1ccc(CCCNCCC(=O)O)cc1.O=C(O)C(F)(F)F. The number of ether oxygens (including phenoxy) is 1. The monoisotopic (exact) mass is 455 g/mol. The van der Waals surface area contributed by atoms with Crippen molar-refractivity contribution in [1.29, 1.82) is 0 Å². The van der Waals surface area contributed by atoms with Crippen molar-refractivity contribution >= 4 is 11.9 Å². The van der Waals surface area contributed by atoms with Crippen molar-refractivity contribution in [3.05, 3.63) is 65.2 Å². The lowest BCUT2D eigenvalue weighted by atomic mass is 10.1. The molecule has 0 atom stereocenters. The molecule has 0 aromatic heterocycles. The molecule has 0 fully saturated rings. The Balaban J connectivity index is 0.000000633. The quantitative estimate of drug-likeness (QED) is 0.439. The number of alkyl halides is 3. The summed E-state index contributed by atoms with van der Waals surface area (Å²) in [5.74, 6) is -2.62. The number of rotatable bonds is 11. The molecule has 0 unspecified atom stereocenters. The number of halogens is 3. The van der Waals surface area contributed by atoms with Gasteiger partial charge in [-0.1, -0.05) is 36.4 Å². The predicted molar refractivity (Wildman–Crippen MR) is 114 cm³/mol. The number of aryl methyl sites for hydroxylation is 2. The first kappa shape index (κ1) is 27.0. The van der Waals surface area contributed by atoms with Gasteiger partial charge in [-0.3, -0.25) is 4.79 Å². The molecule has 0 saturated heterocycles. The summed E-state index contributed by atoms with van der Waals surface area (Å²) < 4.78 is 37.6. The van der Waals surface area contributed by atoms with Gasteiger partial charge in [0.05, 0.1) is 13.0 Å². The van der Waals surface area contributed by atoms with Crippen LogP contribution < -0.4 is 10.1 Å². The second-order valence-corrected chi connectivity index (χ2v) is 6.97. The summed E-state index contributed by atoms with van der Waals surface area (Å²) in [5, 5.41) is 18.8. The first-order valence-electron chi connectivity index (χ1n) is 10.1. The van der Waals surface area contributed by atoms with Gasteiger partial charge in [0, 0.05) is 13.0 Å². The van der Waals surface area contributed by atoms with Crippen LogP contribution in [0.2, 0.25) is 0 Å². The maximum absolute atomic E-state index is 10.6. The van der Waals surface area contributed by atoms with Gasteiger partial charge in [-0.2, -0.15) is 13.2 Å². The average Bonchev–Trinajstić information content (AvgIpc) is 2.72. The van der Waals surface area contributed by atoms with Gasteiger partial charge in [0.15, 0.2) is 0 Å². The molecule has 0 radical (unpaired) electrons. The Kier molecular flexibility index (Phi) is 11.9. The van der Waals surface area contributed by atoms with Crippen molar-refractivity contribution in [2.75, 3.05) is 19.7 Å². The van der Waals surface area contributed by atoms with Crippen molar-refractivity contribution in [3.8, 4) is 5.75 Å². The summed E-state index contributed by atoms with van der Waals surface area (Å²) >= 11 is 0. The van der Waals surface area contributed by atoms with E-state index in [4.69, 9.17) is 19.7 Å². The molecule has 0 amide bonds. The van der Waals surface area contributed by atoms with Crippen LogP contribution in [-0.4, -0.2) is 48.0 Å². The summed E-state index contributed by atoms with van der Waals surface area (Å²) in [6.45, 7) is 4.17. The fourth-order valence-electron chi connectivity index (χ4n) is 2.66. The molecule has 2 aromatic carbocycles. The third-order valence-corrected chi connectivity index (χ3v) is 4.40. The largest absolute Gasteiger partial charge is 0.493 e. The lowest BCUT2D eigenvalue weighted by Gasteiger charge is -2.09. The van der Waals surface area contributed by atoms with Crippen LogP contribution in [0.1, 0.15) is 29.5 Å². The van der Waals surface area contributed by atoms with Crippen LogP contribution in [0.25, 0.3) is 0 Å². The van der Waals surface area contributed by atoms with Gasteiger partial charge in [0.25, 0.3) is 0 Å². The van der Waals surface area contributed by atoms with Crippen molar-refractivity contribution < 1.29 is 37.7 Å². The van der Waals surface area contributed by atoms with E-state index in [2.05, 4.69) is 48.6 Å². The Morgan fingerprint density at radius 3 is 2.16 bits per heavy atom. The number of carboxylic acids is 2. The maximum atomic E-state index is 10.6. The molecule has 2 aromatic rings. The Morgan fingerprint density at radius 1 is 0.969 bits per heavy atom. The first-order chi connectivity index (χ1) is 15.1. The van der Waals surface area contributed by atoms with E-state index in [0.29, 0.717) is 13.2 Å². The number of hydrogen-bond acceptors (Lipinski definition) is 4. The highest BCUT2D eigenvalue weighted by Gasteiger charge is 2.38. The first-order valence-corrected chi connectivity index (χ1v) is 10.1. The Morgan fingerprint density at radius 2 is 1.59 bits per heavy atom. The summed E-state index contributed by atoms with van der Waals surface area (Å²) in [4.78, 5) is 19.3. The molecule has 6 nitrogen and oxygen atoms in total. The average molecular weight is 455 g/mol. The Bertz CT molecular complexity index is 838. The van der Waals surface area contributed by atoms with Crippen LogP contribution in [0.4, 0.5) is 13.2 Å². The minimum absolute atomic E-state index is 0.175. The van der Waals surface area contributed by atoms with E-state index in [1.807, 2.05) is 12.1 Å². The lowest BCUT2D eigenvalue weighted by Crippen LogP contribution is -2.21. The number of carbonyl (C=O) groups is 2. The zero-order chi connectivity index (χ0) is 24.0. The molecule has 0 saturated carbocycles. The number of benzene rings is 2. The van der Waals surface area contributed by atoms with E-state index in [1.165, 1.54) is 16.7 Å². The fourth-order valence-corrected chi connectivity index (χ4v) is 2.66. The molecular formula is C23H28F3NO5. The van der Waals surface area contributed by atoms with Crippen molar-refractivity contribution in [3.63, 3.8) is 0 Å². The second kappa shape index (κ2) is 14.1. The fraction of sp³-hybridized carbons (Fsp3) is 0.391. The van der Waals surface area contributed by atoms with E-state index in [-0.39, 0.29) is 6.42 Å². The third-order valence-electron chi connectivity index (χ3n) is 4.40. The Labute approximate surface area is 185 Å². The van der Waals surface area contributed by atoms with Crippen LogP contribution in [0.15, 0.2) is 48.5 Å². The van der Waals surface area contributed by atoms with Gasteiger partial charge in [-0.25, -0.2) is 4.79 Å². The number of carboxylic acid groups (broad SMARTS) is 2. The van der Waals surface area contributed by atoms with Crippen molar-refractivity contribution in [2.24, 2.45) is 0 Å². The van der Waals surface area contributed by atoms with Crippen LogP contribution >= 0.6 is 0 Å². The van der Waals surface area contributed by atoms with Gasteiger partial charge >= 0.3 is 18.1 Å². The van der Waals surface area contributed by atoms with Gasteiger partial charge in [0.1, 0.15) is 5.75 Å². The highest BCUT2D eigenvalue weighted by atomic mass is 19.4. The molecule has 176 valence electrons. The van der Waals surface area contributed by atoms with Crippen molar-refractivity contribution in [1.82, 2.24) is 5.32 Å². The summed E-state index contributed by atoms with van der Waals surface area (Å²) in [6.07, 6.45) is -2.03. The second-order valence-electron chi connectivity index (χ2n) is 6.97. The van der Waals surface area contributed by atoms with E-state index in [0.717, 1.165) is 31.6 Å². The van der Waals surface area contributed by atoms with Crippen LogP contribution in [-0.2, 0) is 22.4 Å². The molecule has 0 aliphatic heterocycles. The van der Waals surface area contributed by atoms with Crippen LogP contribution in [0.5, 0.6) is 5.75 Å². The molecule has 0 aliphatic rings. The third kappa shape index (κ3) is 11.9. The summed E-state index contributed by atoms with van der Waals surface area (Å²) in [5.41, 5.74) is 3.90. The minimum atomic E-state index is -5.08. The normalized spacial score (nSPS) is 10.8. The Hall–Kier alpha value is -3.07. The summed E-state index contributed by atoms with van der Waals surface area (Å²) in [7, 11) is 0. The molecular weight excluding hydrogens is 427 g/mol. The topological polar surface area (TPSA) is 95.9 Å². The van der Waals surface area contributed by atoms with Crippen LogP contribution in [0, 0.1) is 6.92 Å². The smallest absolute Gasteiger partial charge is 0.490 e. The van der Waals surface area contributed by atoms with Crippen LogP contribution in [0.3, 0.4) is 0 Å². The van der Waals surface area contributed by atoms with E-state index in [1.54, 1.807) is 0 Å². The van der Waals surface area contributed by atoms with E-state index < -0.39 is 18.1 Å². The van der Waals surface area contributed by atoms with Crippen molar-refractivity contribution in [2.45, 2.75) is 38.8 Å². The predicted octanol–water partition coefficient (Wildman–Crippen LogP) is 4.25. The molecule has 9 heteroatoms. The van der Waals surface area contributed by atoms with Gasteiger partial charge in [-0.15, -0.1) is 0 Å². The van der Waals surface area contributed by atoms with E-state index in [9.17, 15) is 18.0 Å². The van der Waals surface area contributed by atoms with Gasteiger partial charge < -0.3 is 20.3 Å². The standard InChI is InChI=1S/C21H27NO3.C2HF3O2/c1-17-5-2-3-7-19(17)13-16-25-20-10-8-18(9-11-20)6-4-14-22-15-12-21(23)24;3-2(4,5)1(6)7/h2-3,5,7-11,22H,4,6,12-16H2,1H3,(H,23,24);(H,6,7). The number of nitrogens with one attached hydrogen (secondary N) is 1. The molecule has 0 heterocycles. The number of hydrogen-bond donors (Lipinski definition) is 3. The van der Waals surface area contributed by atoms with Gasteiger partial charge in [0.2, 0.25) is 0 Å². The molecule has 0 aliphatic carbocycles. The molecule has 3 N–H and O–H groups in total. The zero-order valence-electron chi connectivity index (χ0n) is 17.8. The molecule has 0 spiro atoms. The number of aliphatic carboxylic acids is 2. The van der Waals surface area contributed by atoms with E-state index >= 15 is 0 Å². The molecule has 2 rings (SSSR count). The highest BCUT2D eigenvalue weighted by molar-refractivity contribution is 5.73. The summed E-state index contributed by atoms with van der Waals surface area (Å²) in [6, 6.07) is 16.6. The zero-order valence-corrected chi connectivity index (χ0v) is 17.8. The van der Waals surface area contributed by atoms with Gasteiger partial charge in [-0.05, 0) is 55.1 Å². The minimum Gasteiger partial charge on any atom is -0.493 e. The lowest BCUT2D eigenvalue weighted by molar-refractivity contribution is -0.192. The maximum Gasteiger partial charge on any atom is 0.490 e. The molecule has 32 heavy (non-hydrogen) atoms. The highest BCUT2D eigenvalue weighted by Crippen LogP contribution is 2.15. The molecule has 0 bridgehead atoms.